The summed E-state index contributed by atoms with van der Waals surface area (Å²) in [7, 11) is 0. The number of thioether (sulfide) groups is 1. The van der Waals surface area contributed by atoms with E-state index in [-0.39, 0.29) is 28.4 Å². The number of carbonyl (C=O) groups is 2. The molecule has 0 saturated carbocycles. The highest BCUT2D eigenvalue weighted by Gasteiger charge is 2.48. The summed E-state index contributed by atoms with van der Waals surface area (Å²) in [4.78, 5) is 28.9. The normalized spacial score (nSPS) is 18.3. The fraction of sp³-hybridized carbons (Fsp3) is 0.314. The molecule has 4 aromatic rings. The molecule has 47 heavy (non-hydrogen) atoms. The standard InChI is InChI=1S/C35H34FN3O6S2/c1-4-6-15-44-27-14-9-22(18-28(27)43-5-2)30-29(31(40)23-10-13-26-24(17-23)16-20(3)45-26)32(41)33(42)39(30)34-37-38-35(47-34)46-19-21-7-11-25(36)12-8-21/h7-14,17-18,20,30,40H,4-6,15-16,19H2,1-3H3/b31-29+/t20-,30+/m1/s1. The number of aliphatic hydroxyl groups excluding tert-OH is 1. The molecule has 1 amide bonds. The molecule has 0 spiro atoms. The third-order valence-corrected chi connectivity index (χ3v) is 9.96. The smallest absolute Gasteiger partial charge is 0.301 e. The van der Waals surface area contributed by atoms with Gasteiger partial charge in [-0.3, -0.25) is 14.5 Å². The van der Waals surface area contributed by atoms with Crippen LogP contribution in [0.4, 0.5) is 9.52 Å². The number of amides is 1. The van der Waals surface area contributed by atoms with Crippen molar-refractivity contribution in [1.29, 1.82) is 0 Å². The van der Waals surface area contributed by atoms with E-state index < -0.39 is 17.7 Å². The van der Waals surface area contributed by atoms with Crippen molar-refractivity contribution >= 4 is 45.7 Å². The minimum atomic E-state index is -1.02. The van der Waals surface area contributed by atoms with E-state index in [2.05, 4.69) is 17.1 Å². The molecule has 1 saturated heterocycles. The molecule has 9 nitrogen and oxygen atoms in total. The van der Waals surface area contributed by atoms with Gasteiger partial charge < -0.3 is 19.3 Å². The number of aliphatic hydroxyl groups is 1. The van der Waals surface area contributed by atoms with Crippen LogP contribution in [0.25, 0.3) is 5.76 Å². The maximum Gasteiger partial charge on any atom is 0.301 e. The van der Waals surface area contributed by atoms with Crippen LogP contribution in [0.3, 0.4) is 0 Å². The zero-order valence-electron chi connectivity index (χ0n) is 26.2. The van der Waals surface area contributed by atoms with Gasteiger partial charge >= 0.3 is 5.91 Å². The van der Waals surface area contributed by atoms with Crippen molar-refractivity contribution in [3.8, 4) is 17.2 Å². The first kappa shape index (κ1) is 32.5. The molecule has 1 fully saturated rings. The molecular weight excluding hydrogens is 642 g/mol. The van der Waals surface area contributed by atoms with E-state index in [0.717, 1.165) is 41.1 Å². The Bertz CT molecular complexity index is 1830. The zero-order valence-corrected chi connectivity index (χ0v) is 27.8. The summed E-state index contributed by atoms with van der Waals surface area (Å²) in [5.74, 6) is -0.0396. The number of hydrogen-bond donors (Lipinski definition) is 1. The van der Waals surface area contributed by atoms with Crippen LogP contribution < -0.4 is 19.1 Å². The predicted octanol–water partition coefficient (Wildman–Crippen LogP) is 7.50. The summed E-state index contributed by atoms with van der Waals surface area (Å²) in [5, 5.41) is 20.5. The molecule has 1 N–H and O–H groups in total. The number of fused-ring (bicyclic) bond motifs is 1. The van der Waals surface area contributed by atoms with Gasteiger partial charge in [0.15, 0.2) is 15.8 Å². The van der Waals surface area contributed by atoms with Crippen LogP contribution in [0.1, 0.15) is 61.9 Å². The first-order valence-electron chi connectivity index (χ1n) is 15.5. The highest BCUT2D eigenvalue weighted by atomic mass is 32.2. The van der Waals surface area contributed by atoms with Crippen molar-refractivity contribution < 1.29 is 33.3 Å². The molecule has 244 valence electrons. The molecular formula is C35H34FN3O6S2. The second kappa shape index (κ2) is 14.1. The van der Waals surface area contributed by atoms with Gasteiger partial charge in [-0.05, 0) is 79.4 Å². The predicted molar refractivity (Wildman–Crippen MR) is 179 cm³/mol. The van der Waals surface area contributed by atoms with Crippen molar-refractivity contribution in [2.75, 3.05) is 18.1 Å². The summed E-state index contributed by atoms with van der Waals surface area (Å²) in [5.41, 5.74) is 2.67. The lowest BCUT2D eigenvalue weighted by molar-refractivity contribution is -0.132. The zero-order chi connectivity index (χ0) is 33.1. The number of ether oxygens (including phenoxy) is 3. The Hall–Kier alpha value is -4.42. The number of benzene rings is 3. The largest absolute Gasteiger partial charge is 0.507 e. The van der Waals surface area contributed by atoms with Crippen molar-refractivity contribution in [2.45, 2.75) is 62.3 Å². The molecule has 6 rings (SSSR count). The number of Topliss-reactive ketones (excluding diaryl/α,β-unsaturated/α-hetero) is 1. The molecule has 0 bridgehead atoms. The molecule has 0 unspecified atom stereocenters. The first-order valence-corrected chi connectivity index (χ1v) is 17.3. The summed E-state index contributed by atoms with van der Waals surface area (Å²) in [6.07, 6.45) is 2.50. The van der Waals surface area contributed by atoms with E-state index in [4.69, 9.17) is 14.2 Å². The molecule has 1 aromatic heterocycles. The molecule has 2 aliphatic heterocycles. The Kier molecular flexibility index (Phi) is 9.79. The minimum absolute atomic E-state index is 0.00412. The van der Waals surface area contributed by atoms with E-state index in [1.54, 1.807) is 48.5 Å². The average molecular weight is 676 g/mol. The Morgan fingerprint density at radius 1 is 1.06 bits per heavy atom. The van der Waals surface area contributed by atoms with E-state index in [9.17, 15) is 19.1 Å². The van der Waals surface area contributed by atoms with Crippen LogP contribution in [0.15, 0.2) is 70.6 Å². The molecule has 0 radical (unpaired) electrons. The maximum atomic E-state index is 13.8. The number of halogens is 1. The Balaban J connectivity index is 1.41. The fourth-order valence-corrected chi connectivity index (χ4v) is 7.39. The summed E-state index contributed by atoms with van der Waals surface area (Å²) >= 11 is 2.54. The molecule has 2 atom stereocenters. The van der Waals surface area contributed by atoms with E-state index >= 15 is 0 Å². The van der Waals surface area contributed by atoms with Crippen molar-refractivity contribution in [1.82, 2.24) is 10.2 Å². The highest BCUT2D eigenvalue weighted by molar-refractivity contribution is 8.00. The first-order chi connectivity index (χ1) is 22.8. The second-order valence-electron chi connectivity index (χ2n) is 11.2. The maximum absolute atomic E-state index is 13.8. The van der Waals surface area contributed by atoms with Gasteiger partial charge in [-0.1, -0.05) is 54.6 Å². The number of rotatable bonds is 12. The van der Waals surface area contributed by atoms with Gasteiger partial charge in [-0.25, -0.2) is 4.39 Å². The number of anilines is 1. The third-order valence-electron chi connectivity index (χ3n) is 7.83. The topological polar surface area (TPSA) is 111 Å². The average Bonchev–Trinajstić information content (AvgIpc) is 3.76. The SMILES string of the molecule is CCCCOc1ccc([C@H]2/C(=C(\O)c3ccc4c(c3)C[C@@H](C)O4)C(=O)C(=O)N2c2nnc(SCc3ccc(F)cc3)s2)cc1OCC. The summed E-state index contributed by atoms with van der Waals surface area (Å²) in [6.45, 7) is 6.78. The lowest BCUT2D eigenvalue weighted by atomic mass is 9.94. The number of hydrogen-bond acceptors (Lipinski definition) is 10. The molecule has 3 heterocycles. The number of unbranched alkanes of at least 4 members (excludes halogenated alkanes) is 1. The van der Waals surface area contributed by atoms with Gasteiger partial charge in [0.1, 0.15) is 23.4 Å². The lowest BCUT2D eigenvalue weighted by Gasteiger charge is -2.23. The Morgan fingerprint density at radius 2 is 1.87 bits per heavy atom. The monoisotopic (exact) mass is 675 g/mol. The van der Waals surface area contributed by atoms with Gasteiger partial charge in [0.25, 0.3) is 5.78 Å². The van der Waals surface area contributed by atoms with Crippen molar-refractivity contribution in [3.05, 3.63) is 94.3 Å². The van der Waals surface area contributed by atoms with Gasteiger partial charge in [0.2, 0.25) is 5.13 Å². The molecule has 0 aliphatic carbocycles. The van der Waals surface area contributed by atoms with Crippen LogP contribution in [0, 0.1) is 5.82 Å². The number of aromatic nitrogens is 2. The molecule has 12 heteroatoms. The molecule has 2 aliphatic rings. The van der Waals surface area contributed by atoms with Gasteiger partial charge in [0.05, 0.1) is 24.8 Å². The van der Waals surface area contributed by atoms with Crippen LogP contribution in [0.5, 0.6) is 17.2 Å². The van der Waals surface area contributed by atoms with Crippen molar-refractivity contribution in [3.63, 3.8) is 0 Å². The second-order valence-corrected chi connectivity index (χ2v) is 13.4. The lowest BCUT2D eigenvalue weighted by Crippen LogP contribution is -2.29. The summed E-state index contributed by atoms with van der Waals surface area (Å²) in [6, 6.07) is 15.7. The highest BCUT2D eigenvalue weighted by Crippen LogP contribution is 2.46. The van der Waals surface area contributed by atoms with Gasteiger partial charge in [-0.15, -0.1) is 10.2 Å². The number of ketones is 1. The number of carbonyl (C=O) groups excluding carboxylic acids is 2. The van der Waals surface area contributed by atoms with Gasteiger partial charge in [-0.2, -0.15) is 0 Å². The van der Waals surface area contributed by atoms with E-state index in [0.29, 0.717) is 52.4 Å². The number of nitrogens with zero attached hydrogens (tertiary/aromatic N) is 3. The Labute approximate surface area is 280 Å². The Morgan fingerprint density at radius 3 is 2.64 bits per heavy atom. The van der Waals surface area contributed by atoms with Crippen LogP contribution in [-0.2, 0) is 21.8 Å². The summed E-state index contributed by atoms with van der Waals surface area (Å²) < 4.78 is 31.7. The quantitative estimate of drug-likeness (QED) is 0.0408. The van der Waals surface area contributed by atoms with E-state index in [1.807, 2.05) is 13.8 Å². The molecule has 3 aromatic carbocycles. The van der Waals surface area contributed by atoms with Crippen LogP contribution in [-0.4, -0.2) is 46.3 Å². The van der Waals surface area contributed by atoms with Gasteiger partial charge in [0, 0.05) is 17.7 Å². The van der Waals surface area contributed by atoms with Crippen LogP contribution in [0.2, 0.25) is 0 Å². The van der Waals surface area contributed by atoms with E-state index in [1.165, 1.54) is 28.8 Å². The third kappa shape index (κ3) is 6.84. The fourth-order valence-electron chi connectivity index (χ4n) is 5.56. The van der Waals surface area contributed by atoms with Crippen LogP contribution >= 0.6 is 23.1 Å². The van der Waals surface area contributed by atoms with Crippen molar-refractivity contribution in [2.24, 2.45) is 0 Å². The minimum Gasteiger partial charge on any atom is -0.507 e.